The average molecular weight is 444 g/mol. The van der Waals surface area contributed by atoms with Gasteiger partial charge < -0.3 is 19.1 Å². The van der Waals surface area contributed by atoms with Crippen LogP contribution in [0.3, 0.4) is 0 Å². The molecule has 0 saturated heterocycles. The minimum atomic E-state index is 0.639. The Kier molecular flexibility index (Phi) is 7.36. The molecule has 0 unspecified atom stereocenters. The van der Waals surface area contributed by atoms with Crippen molar-refractivity contribution in [1.82, 2.24) is 4.90 Å². The fourth-order valence-electron chi connectivity index (χ4n) is 4.72. The van der Waals surface area contributed by atoms with E-state index in [0.29, 0.717) is 11.5 Å². The van der Waals surface area contributed by atoms with Crippen LogP contribution in [-0.2, 0) is 19.4 Å². The molecule has 0 bridgehead atoms. The highest BCUT2D eigenvalue weighted by atomic mass is 16.5. The minimum absolute atomic E-state index is 0.639. The highest BCUT2D eigenvalue weighted by Crippen LogP contribution is 2.40. The van der Waals surface area contributed by atoms with Gasteiger partial charge in [0.15, 0.2) is 11.5 Å². The van der Waals surface area contributed by atoms with Gasteiger partial charge in [0.2, 0.25) is 5.75 Å². The minimum Gasteiger partial charge on any atom is -0.493 e. The van der Waals surface area contributed by atoms with Gasteiger partial charge in [-0.05, 0) is 60.2 Å². The van der Waals surface area contributed by atoms with Crippen LogP contribution in [0, 0.1) is 0 Å². The van der Waals surface area contributed by atoms with Crippen LogP contribution in [0.25, 0.3) is 5.57 Å². The zero-order valence-corrected chi connectivity index (χ0v) is 20.1. The quantitative estimate of drug-likeness (QED) is 0.443. The molecule has 0 atom stereocenters. The van der Waals surface area contributed by atoms with Crippen molar-refractivity contribution in [3.63, 3.8) is 0 Å². The zero-order chi connectivity index (χ0) is 23.2. The summed E-state index contributed by atoms with van der Waals surface area (Å²) < 4.78 is 16.6. The van der Waals surface area contributed by atoms with Gasteiger partial charge in [-0.15, -0.1) is 0 Å². The molecule has 1 aliphatic rings. The Balaban J connectivity index is 1.53. The van der Waals surface area contributed by atoms with E-state index < -0.39 is 0 Å². The first kappa shape index (κ1) is 22.9. The number of hydrogen-bond acceptors (Lipinski definition) is 4. The molecular weight excluding hydrogens is 410 g/mol. The maximum atomic E-state index is 5.66. The molecule has 0 fully saturated rings. The Morgan fingerprint density at radius 2 is 1.36 bits per heavy atom. The first-order chi connectivity index (χ1) is 16.2. The monoisotopic (exact) mass is 443 g/mol. The topological polar surface area (TPSA) is 30.9 Å². The summed E-state index contributed by atoms with van der Waals surface area (Å²) in [5, 5.41) is 0. The molecule has 0 saturated carbocycles. The van der Waals surface area contributed by atoms with Gasteiger partial charge in [-0.1, -0.05) is 60.7 Å². The van der Waals surface area contributed by atoms with Gasteiger partial charge in [0, 0.05) is 18.7 Å². The van der Waals surface area contributed by atoms with Gasteiger partial charge in [-0.3, -0.25) is 0 Å². The first-order valence-corrected chi connectivity index (χ1v) is 11.5. The van der Waals surface area contributed by atoms with Gasteiger partial charge in [-0.25, -0.2) is 0 Å². The lowest BCUT2D eigenvalue weighted by molar-refractivity contribution is 0.303. The van der Waals surface area contributed by atoms with E-state index in [1.807, 2.05) is 12.1 Å². The predicted octanol–water partition coefficient (Wildman–Crippen LogP) is 5.76. The Hall–Kier alpha value is -3.24. The number of fused-ring (bicyclic) bond motifs is 2. The van der Waals surface area contributed by atoms with Crippen LogP contribution in [0.2, 0.25) is 0 Å². The lowest BCUT2D eigenvalue weighted by Crippen LogP contribution is -2.19. The number of ether oxygens (including phenoxy) is 3. The van der Waals surface area contributed by atoms with Crippen molar-refractivity contribution in [1.29, 1.82) is 0 Å². The van der Waals surface area contributed by atoms with Crippen molar-refractivity contribution in [3.05, 3.63) is 94.6 Å². The van der Waals surface area contributed by atoms with E-state index in [1.54, 1.807) is 21.3 Å². The van der Waals surface area contributed by atoms with Crippen LogP contribution in [-0.4, -0.2) is 39.8 Å². The van der Waals surface area contributed by atoms with Crippen molar-refractivity contribution in [3.8, 4) is 17.2 Å². The van der Waals surface area contributed by atoms with Crippen LogP contribution in [0.4, 0.5) is 0 Å². The summed E-state index contributed by atoms with van der Waals surface area (Å²) in [7, 11) is 7.10. The van der Waals surface area contributed by atoms with Crippen LogP contribution in [0.5, 0.6) is 17.2 Å². The Labute approximate surface area is 197 Å². The van der Waals surface area contributed by atoms with Crippen LogP contribution >= 0.6 is 0 Å². The second-order valence-electron chi connectivity index (χ2n) is 8.45. The first-order valence-electron chi connectivity index (χ1n) is 11.5. The maximum absolute atomic E-state index is 5.66. The maximum Gasteiger partial charge on any atom is 0.203 e. The molecular formula is C29H33NO3. The number of rotatable bonds is 8. The molecule has 0 aliphatic heterocycles. The molecule has 4 rings (SSSR count). The van der Waals surface area contributed by atoms with Crippen LogP contribution in [0.15, 0.2) is 66.7 Å². The number of methoxy groups -OCH3 is 3. The highest BCUT2D eigenvalue weighted by molar-refractivity contribution is 5.83. The third-order valence-electron chi connectivity index (χ3n) is 6.36. The molecule has 0 amide bonds. The van der Waals surface area contributed by atoms with Crippen molar-refractivity contribution >= 4 is 5.57 Å². The van der Waals surface area contributed by atoms with E-state index in [4.69, 9.17) is 14.2 Å². The number of benzene rings is 3. The van der Waals surface area contributed by atoms with Crippen molar-refractivity contribution in [2.75, 3.05) is 34.9 Å². The zero-order valence-electron chi connectivity index (χ0n) is 20.1. The lowest BCUT2D eigenvalue weighted by atomic mass is 9.93. The Bertz CT molecular complexity index is 1090. The normalized spacial score (nSPS) is 12.6. The van der Waals surface area contributed by atoms with Gasteiger partial charge in [0.1, 0.15) is 0 Å². The van der Waals surface area contributed by atoms with Crippen molar-refractivity contribution in [2.24, 2.45) is 0 Å². The molecule has 0 heterocycles. The molecule has 4 heteroatoms. The smallest absolute Gasteiger partial charge is 0.203 e. The van der Waals surface area contributed by atoms with Gasteiger partial charge in [0.05, 0.1) is 21.3 Å². The summed E-state index contributed by atoms with van der Waals surface area (Å²) in [5.74, 6) is 2.05. The summed E-state index contributed by atoms with van der Waals surface area (Å²) >= 11 is 0. The van der Waals surface area contributed by atoms with Crippen molar-refractivity contribution in [2.45, 2.75) is 25.8 Å². The SMILES string of the molecule is COc1ccc(CN(C)CCC=C2c3ccccc3CCc3ccccc32)c(OC)c1OC. The third kappa shape index (κ3) is 4.91. The Morgan fingerprint density at radius 1 is 0.758 bits per heavy atom. The predicted molar refractivity (Wildman–Crippen MR) is 134 cm³/mol. The molecule has 1 aliphatic carbocycles. The number of aryl methyl sites for hydroxylation is 2. The summed E-state index contributed by atoms with van der Waals surface area (Å²) in [4.78, 5) is 2.31. The van der Waals surface area contributed by atoms with Crippen LogP contribution < -0.4 is 14.2 Å². The Morgan fingerprint density at radius 3 is 1.94 bits per heavy atom. The van der Waals surface area contributed by atoms with E-state index in [9.17, 15) is 0 Å². The molecule has 3 aromatic rings. The highest BCUT2D eigenvalue weighted by Gasteiger charge is 2.18. The van der Waals surface area contributed by atoms with Gasteiger partial charge in [-0.2, -0.15) is 0 Å². The largest absolute Gasteiger partial charge is 0.493 e. The molecule has 0 radical (unpaired) electrons. The fourth-order valence-corrected chi connectivity index (χ4v) is 4.72. The fraction of sp³-hybridized carbons (Fsp3) is 0.310. The standard InChI is InChI=1S/C29H33NO3/c1-30(20-23-17-18-27(31-2)29(33-4)28(23)32-3)19-9-14-26-24-12-7-5-10-21(24)15-16-22-11-6-8-13-25(22)26/h5-8,10-14,17-18H,9,15-16,19-20H2,1-4H3. The summed E-state index contributed by atoms with van der Waals surface area (Å²) in [6.45, 7) is 1.70. The third-order valence-corrected chi connectivity index (χ3v) is 6.36. The molecule has 4 nitrogen and oxygen atoms in total. The summed E-state index contributed by atoms with van der Waals surface area (Å²) in [6.07, 6.45) is 5.54. The lowest BCUT2D eigenvalue weighted by Gasteiger charge is -2.20. The van der Waals surface area contributed by atoms with E-state index in [2.05, 4.69) is 66.6 Å². The molecule has 0 N–H and O–H groups in total. The van der Waals surface area contributed by atoms with Gasteiger partial charge >= 0.3 is 0 Å². The second kappa shape index (κ2) is 10.6. The van der Waals surface area contributed by atoms with E-state index in [1.165, 1.54) is 27.8 Å². The summed E-state index contributed by atoms with van der Waals surface area (Å²) in [5.41, 5.74) is 8.04. The molecule has 0 aromatic heterocycles. The molecule has 3 aromatic carbocycles. The second-order valence-corrected chi connectivity index (χ2v) is 8.45. The van der Waals surface area contributed by atoms with E-state index >= 15 is 0 Å². The molecule has 0 spiro atoms. The number of nitrogens with zero attached hydrogens (tertiary/aromatic N) is 1. The van der Waals surface area contributed by atoms with Crippen LogP contribution in [0.1, 0.15) is 34.2 Å². The molecule has 33 heavy (non-hydrogen) atoms. The summed E-state index contributed by atoms with van der Waals surface area (Å²) in [6, 6.07) is 21.6. The average Bonchev–Trinajstić information content (AvgIpc) is 3.01. The van der Waals surface area contributed by atoms with E-state index in [-0.39, 0.29) is 0 Å². The van der Waals surface area contributed by atoms with Gasteiger partial charge in [0.25, 0.3) is 0 Å². The molecule has 172 valence electrons. The number of hydrogen-bond donors (Lipinski definition) is 0. The van der Waals surface area contributed by atoms with Crippen molar-refractivity contribution < 1.29 is 14.2 Å². The van der Waals surface area contributed by atoms with E-state index in [0.717, 1.165) is 43.7 Å².